The topological polar surface area (TPSA) is 32.8 Å². The van der Waals surface area contributed by atoms with Crippen molar-refractivity contribution < 1.29 is 9.53 Å². The van der Waals surface area contributed by atoms with E-state index in [-0.39, 0.29) is 11.9 Å². The molecule has 0 bridgehead atoms. The van der Waals surface area contributed by atoms with Gasteiger partial charge in [0, 0.05) is 31.7 Å². The predicted molar refractivity (Wildman–Crippen MR) is 128 cm³/mol. The van der Waals surface area contributed by atoms with Gasteiger partial charge in [0.1, 0.15) is 5.75 Å². The van der Waals surface area contributed by atoms with Crippen molar-refractivity contribution in [2.45, 2.75) is 6.04 Å². The molecule has 1 aliphatic heterocycles. The van der Waals surface area contributed by atoms with Crippen LogP contribution in [0.15, 0.2) is 78.9 Å². The molecule has 1 fully saturated rings. The second kappa shape index (κ2) is 9.62. The Labute approximate surface area is 191 Å². The van der Waals surface area contributed by atoms with Gasteiger partial charge in [-0.1, -0.05) is 60.7 Å². The summed E-state index contributed by atoms with van der Waals surface area (Å²) in [5, 5.41) is 0. The summed E-state index contributed by atoms with van der Waals surface area (Å²) in [4.78, 5) is 17.5. The first kappa shape index (κ1) is 20.9. The van der Waals surface area contributed by atoms with Gasteiger partial charge in [-0.2, -0.15) is 0 Å². The molecule has 3 aromatic rings. The predicted octanol–water partition coefficient (Wildman–Crippen LogP) is 4.85. The maximum Gasteiger partial charge on any atom is 0.253 e. The molecule has 0 unspecified atom stereocenters. The molecule has 1 amide bonds. The summed E-state index contributed by atoms with van der Waals surface area (Å²) in [6.07, 6.45) is 0. The minimum absolute atomic E-state index is 0.0891. The fraction of sp³-hybridized carbons (Fsp3) is 0.240. The minimum Gasteiger partial charge on any atom is -0.496 e. The van der Waals surface area contributed by atoms with Gasteiger partial charge >= 0.3 is 0 Å². The van der Waals surface area contributed by atoms with Gasteiger partial charge in [-0.3, -0.25) is 9.69 Å². The lowest BCUT2D eigenvalue weighted by atomic mass is 9.96. The van der Waals surface area contributed by atoms with Crippen molar-refractivity contribution in [3.8, 4) is 5.75 Å². The summed E-state index contributed by atoms with van der Waals surface area (Å²) < 4.78 is 6.26. The van der Waals surface area contributed by atoms with E-state index in [1.165, 1.54) is 11.1 Å². The summed E-state index contributed by atoms with van der Waals surface area (Å²) in [6.45, 7) is 3.12. The standard InChI is InChI=1S/C25H25IN2O2/c1-30-23-13-12-21(18-22(23)26)25(29)28-16-14-27(15-17-28)24(19-8-4-2-5-9-19)20-10-6-3-7-11-20/h2-13,18,24H,14-17H2,1H3. The van der Waals surface area contributed by atoms with Crippen LogP contribution in [0.4, 0.5) is 0 Å². The maximum atomic E-state index is 13.0. The Kier molecular flexibility index (Phi) is 6.69. The number of benzene rings is 3. The van der Waals surface area contributed by atoms with E-state index in [0.717, 1.165) is 41.1 Å². The zero-order valence-corrected chi connectivity index (χ0v) is 19.2. The third kappa shape index (κ3) is 4.52. The highest BCUT2D eigenvalue weighted by molar-refractivity contribution is 14.1. The number of methoxy groups -OCH3 is 1. The highest BCUT2D eigenvalue weighted by atomic mass is 127. The van der Waals surface area contributed by atoms with Crippen LogP contribution in [0.5, 0.6) is 5.75 Å². The second-order valence-electron chi connectivity index (χ2n) is 7.40. The van der Waals surface area contributed by atoms with Crippen molar-refractivity contribution in [2.75, 3.05) is 33.3 Å². The van der Waals surface area contributed by atoms with Gasteiger partial charge < -0.3 is 9.64 Å². The molecular formula is C25H25IN2O2. The monoisotopic (exact) mass is 512 g/mol. The number of piperazine rings is 1. The summed E-state index contributed by atoms with van der Waals surface area (Å²) in [7, 11) is 1.65. The molecule has 1 aliphatic rings. The van der Waals surface area contributed by atoms with Gasteiger partial charge in [0.2, 0.25) is 0 Å². The quantitative estimate of drug-likeness (QED) is 0.459. The van der Waals surface area contributed by atoms with E-state index in [0.29, 0.717) is 0 Å². The van der Waals surface area contributed by atoms with E-state index in [1.54, 1.807) is 7.11 Å². The average molecular weight is 512 g/mol. The number of nitrogens with zero attached hydrogens (tertiary/aromatic N) is 2. The van der Waals surface area contributed by atoms with Gasteiger partial charge in [-0.15, -0.1) is 0 Å². The molecule has 4 nitrogen and oxygen atoms in total. The van der Waals surface area contributed by atoms with Crippen molar-refractivity contribution in [3.63, 3.8) is 0 Å². The lowest BCUT2D eigenvalue weighted by Gasteiger charge is -2.39. The first-order valence-corrected chi connectivity index (χ1v) is 11.2. The molecule has 0 radical (unpaired) electrons. The summed E-state index contributed by atoms with van der Waals surface area (Å²) in [5.41, 5.74) is 3.29. The second-order valence-corrected chi connectivity index (χ2v) is 8.56. The molecule has 1 heterocycles. The fourth-order valence-corrected chi connectivity index (χ4v) is 4.79. The van der Waals surface area contributed by atoms with Crippen LogP contribution in [0.2, 0.25) is 0 Å². The number of rotatable bonds is 5. The highest BCUT2D eigenvalue weighted by Crippen LogP contribution is 2.30. The van der Waals surface area contributed by atoms with Crippen LogP contribution in [-0.2, 0) is 0 Å². The van der Waals surface area contributed by atoms with E-state index in [2.05, 4.69) is 88.2 Å². The van der Waals surface area contributed by atoms with E-state index in [9.17, 15) is 4.79 Å². The van der Waals surface area contributed by atoms with Crippen LogP contribution in [0.1, 0.15) is 27.5 Å². The minimum atomic E-state index is 0.0891. The molecule has 30 heavy (non-hydrogen) atoms. The zero-order chi connectivity index (χ0) is 20.9. The van der Waals surface area contributed by atoms with Crippen molar-refractivity contribution >= 4 is 28.5 Å². The van der Waals surface area contributed by atoms with Crippen LogP contribution >= 0.6 is 22.6 Å². The molecule has 154 valence electrons. The summed E-state index contributed by atoms with van der Waals surface area (Å²) in [5.74, 6) is 0.886. The molecule has 3 aromatic carbocycles. The van der Waals surface area contributed by atoms with Crippen molar-refractivity contribution in [1.82, 2.24) is 9.80 Å². The van der Waals surface area contributed by atoms with Crippen molar-refractivity contribution in [2.24, 2.45) is 0 Å². The molecule has 0 aliphatic carbocycles. The summed E-state index contributed by atoms with van der Waals surface area (Å²) in [6, 6.07) is 27.1. The van der Waals surface area contributed by atoms with E-state index < -0.39 is 0 Å². The molecule has 4 rings (SSSR count). The Hall–Kier alpha value is -2.38. The molecule has 0 atom stereocenters. The smallest absolute Gasteiger partial charge is 0.253 e. The van der Waals surface area contributed by atoms with Gasteiger partial charge in [-0.05, 0) is 51.9 Å². The largest absolute Gasteiger partial charge is 0.496 e. The third-order valence-electron chi connectivity index (χ3n) is 5.60. The molecule has 1 saturated heterocycles. The Bertz CT molecular complexity index is 947. The van der Waals surface area contributed by atoms with Gasteiger partial charge in [0.15, 0.2) is 0 Å². The van der Waals surface area contributed by atoms with E-state index in [1.807, 2.05) is 23.1 Å². The number of carbonyl (C=O) groups is 1. The lowest BCUT2D eigenvalue weighted by molar-refractivity contribution is 0.0597. The van der Waals surface area contributed by atoms with Crippen LogP contribution in [0.25, 0.3) is 0 Å². The lowest BCUT2D eigenvalue weighted by Crippen LogP contribution is -2.49. The third-order valence-corrected chi connectivity index (χ3v) is 6.44. The molecule has 0 spiro atoms. The van der Waals surface area contributed by atoms with Crippen LogP contribution in [0, 0.1) is 3.57 Å². The number of ether oxygens (including phenoxy) is 1. The first-order valence-electron chi connectivity index (χ1n) is 10.1. The van der Waals surface area contributed by atoms with E-state index >= 15 is 0 Å². The van der Waals surface area contributed by atoms with Gasteiger partial charge in [0.05, 0.1) is 16.7 Å². The van der Waals surface area contributed by atoms with Gasteiger partial charge in [-0.25, -0.2) is 0 Å². The molecular weight excluding hydrogens is 487 g/mol. The maximum absolute atomic E-state index is 13.0. The Morgan fingerprint density at radius 2 is 1.43 bits per heavy atom. The Morgan fingerprint density at radius 1 is 0.867 bits per heavy atom. The van der Waals surface area contributed by atoms with E-state index in [4.69, 9.17) is 4.74 Å². The SMILES string of the molecule is COc1ccc(C(=O)N2CCN(C(c3ccccc3)c3ccccc3)CC2)cc1I. The molecule has 0 N–H and O–H groups in total. The van der Waals surface area contributed by atoms with Crippen LogP contribution in [0.3, 0.4) is 0 Å². The van der Waals surface area contributed by atoms with Gasteiger partial charge in [0.25, 0.3) is 5.91 Å². The number of hydrogen-bond donors (Lipinski definition) is 0. The highest BCUT2D eigenvalue weighted by Gasteiger charge is 2.28. The normalized spacial score (nSPS) is 14.7. The fourth-order valence-electron chi connectivity index (χ4n) is 4.05. The number of carbonyl (C=O) groups excluding carboxylic acids is 1. The molecule has 0 saturated carbocycles. The molecule has 0 aromatic heterocycles. The number of halogens is 1. The Balaban J connectivity index is 1.49. The molecule has 5 heteroatoms. The van der Waals surface area contributed by atoms with Crippen LogP contribution in [-0.4, -0.2) is 49.0 Å². The zero-order valence-electron chi connectivity index (χ0n) is 17.0. The number of hydrogen-bond acceptors (Lipinski definition) is 3. The number of amides is 1. The van der Waals surface area contributed by atoms with Crippen molar-refractivity contribution in [3.05, 3.63) is 99.1 Å². The first-order chi connectivity index (χ1) is 14.7. The van der Waals surface area contributed by atoms with Crippen LogP contribution < -0.4 is 4.74 Å². The summed E-state index contributed by atoms with van der Waals surface area (Å²) >= 11 is 2.21. The van der Waals surface area contributed by atoms with Crippen molar-refractivity contribution in [1.29, 1.82) is 0 Å². The Morgan fingerprint density at radius 3 is 1.93 bits per heavy atom. The average Bonchev–Trinajstić information content (AvgIpc) is 2.81.